The van der Waals surface area contributed by atoms with Crippen molar-refractivity contribution in [1.29, 1.82) is 0 Å². The van der Waals surface area contributed by atoms with Crippen LogP contribution in [0.2, 0.25) is 0 Å². The van der Waals surface area contributed by atoms with Gasteiger partial charge < -0.3 is 10.3 Å². The number of para-hydroxylation sites is 2. The van der Waals surface area contributed by atoms with E-state index in [1.165, 1.54) is 11.8 Å². The number of amides is 1. The Labute approximate surface area is 175 Å². The maximum absolute atomic E-state index is 12.9. The summed E-state index contributed by atoms with van der Waals surface area (Å²) in [6, 6.07) is 23.2. The molecule has 4 nitrogen and oxygen atoms in total. The second-order valence-corrected chi connectivity index (χ2v) is 7.87. The van der Waals surface area contributed by atoms with Crippen molar-refractivity contribution in [2.45, 2.75) is 20.3 Å². The fourth-order valence-electron chi connectivity index (χ4n) is 3.66. The lowest BCUT2D eigenvalue weighted by atomic mass is 9.98. The molecule has 3 aromatic carbocycles. The van der Waals surface area contributed by atoms with Gasteiger partial charge in [0.25, 0.3) is 5.91 Å². The molecule has 0 saturated heterocycles. The highest BCUT2D eigenvalue weighted by Gasteiger charge is 2.15. The Kier molecular flexibility index (Phi) is 5.48. The summed E-state index contributed by atoms with van der Waals surface area (Å²) in [5.41, 5.74) is 4.42. The monoisotopic (exact) mass is 396 g/mol. The second-order valence-electron chi connectivity index (χ2n) is 7.87. The Hall–Kier alpha value is -3.66. The van der Waals surface area contributed by atoms with E-state index in [0.29, 0.717) is 22.5 Å². The van der Waals surface area contributed by atoms with Crippen molar-refractivity contribution in [1.82, 2.24) is 4.98 Å². The summed E-state index contributed by atoms with van der Waals surface area (Å²) in [5, 5.41) is 3.42. The average Bonchev–Trinajstić information content (AvgIpc) is 2.75. The molecule has 30 heavy (non-hydrogen) atoms. The van der Waals surface area contributed by atoms with Crippen LogP contribution in [0.4, 0.5) is 5.69 Å². The van der Waals surface area contributed by atoms with E-state index in [0.717, 1.165) is 17.5 Å². The summed E-state index contributed by atoms with van der Waals surface area (Å²) in [7, 11) is 0. The highest BCUT2D eigenvalue weighted by Crippen LogP contribution is 2.28. The first kappa shape index (κ1) is 19.6. The molecule has 150 valence electrons. The Bertz CT molecular complexity index is 1250. The lowest BCUT2D eigenvalue weighted by molar-refractivity contribution is 0.102. The number of hydrogen-bond donors (Lipinski definition) is 2. The number of H-pyrrole nitrogens is 1. The van der Waals surface area contributed by atoms with Crippen LogP contribution in [0.3, 0.4) is 0 Å². The number of anilines is 1. The molecule has 0 aliphatic carbocycles. The molecule has 1 aromatic heterocycles. The molecule has 1 heterocycles. The summed E-state index contributed by atoms with van der Waals surface area (Å²) >= 11 is 0. The number of rotatable bonds is 5. The van der Waals surface area contributed by atoms with Crippen molar-refractivity contribution in [3.05, 3.63) is 100 Å². The van der Waals surface area contributed by atoms with Gasteiger partial charge >= 0.3 is 0 Å². The molecule has 4 rings (SSSR count). The second kappa shape index (κ2) is 8.37. The zero-order valence-corrected chi connectivity index (χ0v) is 17.1. The van der Waals surface area contributed by atoms with Gasteiger partial charge in [0, 0.05) is 28.4 Å². The first-order chi connectivity index (χ1) is 14.5. The molecule has 0 aliphatic rings. The molecule has 0 saturated carbocycles. The molecule has 2 N–H and O–H groups in total. The molecule has 0 aliphatic heterocycles. The molecule has 0 atom stereocenters. The molecular weight excluding hydrogens is 372 g/mol. The standard InChI is InChI=1S/C26H24N2O2/c1-17(2)15-18-11-13-19(14-12-18)20-7-3-6-10-24(20)28-26(30)22-16-27-23-9-5-4-8-21(23)25(22)29/h3-14,16-17H,15H2,1-2H3,(H,27,29)(H,28,30). The molecule has 0 bridgehead atoms. The van der Waals surface area contributed by atoms with Crippen molar-refractivity contribution in [2.75, 3.05) is 5.32 Å². The number of aromatic nitrogens is 1. The van der Waals surface area contributed by atoms with Crippen molar-refractivity contribution in [2.24, 2.45) is 5.92 Å². The van der Waals surface area contributed by atoms with E-state index in [1.807, 2.05) is 36.4 Å². The summed E-state index contributed by atoms with van der Waals surface area (Å²) in [4.78, 5) is 28.7. The van der Waals surface area contributed by atoms with E-state index >= 15 is 0 Å². The van der Waals surface area contributed by atoms with E-state index in [2.05, 4.69) is 48.4 Å². The predicted molar refractivity (Wildman–Crippen MR) is 123 cm³/mol. The Morgan fingerprint density at radius 3 is 2.40 bits per heavy atom. The highest BCUT2D eigenvalue weighted by atomic mass is 16.2. The van der Waals surface area contributed by atoms with Gasteiger partial charge in [0.05, 0.1) is 0 Å². The van der Waals surface area contributed by atoms with Crippen molar-refractivity contribution in [3.63, 3.8) is 0 Å². The Balaban J connectivity index is 1.64. The van der Waals surface area contributed by atoms with E-state index in [9.17, 15) is 9.59 Å². The maximum Gasteiger partial charge on any atom is 0.261 e. The fourth-order valence-corrected chi connectivity index (χ4v) is 3.66. The van der Waals surface area contributed by atoms with Crippen LogP contribution in [0.1, 0.15) is 29.8 Å². The number of carbonyl (C=O) groups is 1. The van der Waals surface area contributed by atoms with Crippen molar-refractivity contribution in [3.8, 4) is 11.1 Å². The van der Waals surface area contributed by atoms with E-state index in [1.54, 1.807) is 12.1 Å². The SMILES string of the molecule is CC(C)Cc1ccc(-c2ccccc2NC(=O)c2c[nH]c3ccccc3c2=O)cc1. The normalized spacial score (nSPS) is 11.0. The van der Waals surface area contributed by atoms with Gasteiger partial charge in [-0.05, 0) is 41.7 Å². The Morgan fingerprint density at radius 1 is 0.933 bits per heavy atom. The maximum atomic E-state index is 12.9. The highest BCUT2D eigenvalue weighted by molar-refractivity contribution is 6.07. The third kappa shape index (κ3) is 4.03. The van der Waals surface area contributed by atoms with E-state index in [4.69, 9.17) is 0 Å². The van der Waals surface area contributed by atoms with Gasteiger partial charge in [-0.25, -0.2) is 0 Å². The van der Waals surface area contributed by atoms with Crippen LogP contribution in [0.25, 0.3) is 22.0 Å². The predicted octanol–water partition coefficient (Wildman–Crippen LogP) is 5.65. The minimum atomic E-state index is -0.425. The molecule has 0 radical (unpaired) electrons. The van der Waals surface area contributed by atoms with Crippen LogP contribution >= 0.6 is 0 Å². The van der Waals surface area contributed by atoms with Gasteiger partial charge in [-0.15, -0.1) is 0 Å². The number of benzene rings is 3. The minimum Gasteiger partial charge on any atom is -0.360 e. The molecule has 1 amide bonds. The van der Waals surface area contributed by atoms with Crippen LogP contribution in [-0.4, -0.2) is 10.9 Å². The molecule has 0 fully saturated rings. The molecule has 0 spiro atoms. The average molecular weight is 396 g/mol. The largest absolute Gasteiger partial charge is 0.360 e. The summed E-state index contributed by atoms with van der Waals surface area (Å²) in [6.07, 6.45) is 2.51. The molecule has 0 unspecified atom stereocenters. The Morgan fingerprint density at radius 2 is 1.63 bits per heavy atom. The number of pyridine rings is 1. The third-order valence-electron chi connectivity index (χ3n) is 5.12. The van der Waals surface area contributed by atoms with Gasteiger partial charge in [-0.2, -0.15) is 0 Å². The quantitative estimate of drug-likeness (QED) is 0.458. The van der Waals surface area contributed by atoms with Crippen molar-refractivity contribution < 1.29 is 4.79 Å². The van der Waals surface area contributed by atoms with E-state index < -0.39 is 5.91 Å². The van der Waals surface area contributed by atoms with Gasteiger partial charge in [0.1, 0.15) is 5.56 Å². The zero-order valence-electron chi connectivity index (χ0n) is 17.1. The van der Waals surface area contributed by atoms with Gasteiger partial charge in [-0.3, -0.25) is 9.59 Å². The van der Waals surface area contributed by atoms with Crippen LogP contribution in [-0.2, 0) is 6.42 Å². The van der Waals surface area contributed by atoms with Crippen LogP contribution in [0.5, 0.6) is 0 Å². The fraction of sp³-hybridized carbons (Fsp3) is 0.154. The van der Waals surface area contributed by atoms with Gasteiger partial charge in [-0.1, -0.05) is 68.4 Å². The summed E-state index contributed by atoms with van der Waals surface area (Å²) < 4.78 is 0. The van der Waals surface area contributed by atoms with Gasteiger partial charge in [0.2, 0.25) is 5.43 Å². The number of nitrogens with one attached hydrogen (secondary N) is 2. The van der Waals surface area contributed by atoms with Crippen molar-refractivity contribution >= 4 is 22.5 Å². The van der Waals surface area contributed by atoms with E-state index in [-0.39, 0.29) is 11.0 Å². The summed E-state index contributed by atoms with van der Waals surface area (Å²) in [5.74, 6) is 0.174. The lowest BCUT2D eigenvalue weighted by Crippen LogP contribution is -2.22. The summed E-state index contributed by atoms with van der Waals surface area (Å²) in [6.45, 7) is 4.40. The molecule has 4 heteroatoms. The number of fused-ring (bicyclic) bond motifs is 1. The molecular formula is C26H24N2O2. The minimum absolute atomic E-state index is 0.0933. The zero-order chi connectivity index (χ0) is 21.1. The number of aromatic amines is 1. The first-order valence-electron chi connectivity index (χ1n) is 10.1. The third-order valence-corrected chi connectivity index (χ3v) is 5.12. The van der Waals surface area contributed by atoms with Crippen LogP contribution < -0.4 is 10.7 Å². The smallest absolute Gasteiger partial charge is 0.261 e. The number of carbonyl (C=O) groups excluding carboxylic acids is 1. The topological polar surface area (TPSA) is 62.0 Å². The lowest BCUT2D eigenvalue weighted by Gasteiger charge is -2.12. The number of hydrogen-bond acceptors (Lipinski definition) is 2. The first-order valence-corrected chi connectivity index (χ1v) is 10.1. The van der Waals surface area contributed by atoms with Crippen LogP contribution in [0.15, 0.2) is 83.8 Å². The molecule has 4 aromatic rings. The van der Waals surface area contributed by atoms with Gasteiger partial charge in [0.15, 0.2) is 0 Å². The van der Waals surface area contributed by atoms with Crippen LogP contribution in [0, 0.1) is 5.92 Å².